The molecule has 0 bridgehead atoms. The molecule has 11 nitrogen and oxygen atoms in total. The lowest BCUT2D eigenvalue weighted by Crippen LogP contribution is -2.40. The lowest BCUT2D eigenvalue weighted by atomic mass is 10.1. The minimum absolute atomic E-state index is 0.0279. The Morgan fingerprint density at radius 2 is 1.89 bits per heavy atom. The van der Waals surface area contributed by atoms with Gasteiger partial charge in [-0.15, -0.1) is 5.06 Å². The van der Waals surface area contributed by atoms with Gasteiger partial charge in [0, 0.05) is 36.8 Å². The van der Waals surface area contributed by atoms with Gasteiger partial charge in [0.2, 0.25) is 5.91 Å². The van der Waals surface area contributed by atoms with Crippen LogP contribution in [0, 0.1) is 0 Å². The van der Waals surface area contributed by atoms with E-state index in [1.807, 2.05) is 0 Å². The highest BCUT2D eigenvalue weighted by atomic mass is 32.2. The number of amides is 5. The van der Waals surface area contributed by atoms with Crippen molar-refractivity contribution in [2.75, 3.05) is 25.5 Å². The minimum Gasteiger partial charge on any atom is -0.379 e. The van der Waals surface area contributed by atoms with Crippen LogP contribution in [0.2, 0.25) is 0 Å². The first-order valence-corrected chi connectivity index (χ1v) is 10.1. The van der Waals surface area contributed by atoms with E-state index < -0.39 is 17.8 Å². The number of nitrogens with zero attached hydrogens (tertiary/aromatic N) is 1. The number of imide groups is 1. The van der Waals surface area contributed by atoms with Crippen molar-refractivity contribution in [1.82, 2.24) is 21.0 Å². The van der Waals surface area contributed by atoms with E-state index >= 15 is 0 Å². The molecule has 28 heavy (non-hydrogen) atoms. The van der Waals surface area contributed by atoms with Crippen molar-refractivity contribution in [1.29, 1.82) is 0 Å². The smallest absolute Gasteiger partial charge is 0.335 e. The lowest BCUT2D eigenvalue weighted by molar-refractivity contribution is -0.198. The van der Waals surface area contributed by atoms with Crippen LogP contribution in [-0.4, -0.2) is 77.6 Å². The fourth-order valence-corrected chi connectivity index (χ4v) is 4.63. The van der Waals surface area contributed by atoms with Crippen LogP contribution in [0.25, 0.3) is 0 Å². The molecule has 3 aliphatic heterocycles. The van der Waals surface area contributed by atoms with Crippen molar-refractivity contribution in [2.24, 2.45) is 0 Å². The Morgan fingerprint density at radius 3 is 2.64 bits per heavy atom. The number of urea groups is 1. The molecule has 3 fully saturated rings. The molecule has 0 aromatic rings. The van der Waals surface area contributed by atoms with Crippen LogP contribution in [-0.2, 0) is 28.8 Å². The highest BCUT2D eigenvalue weighted by molar-refractivity contribution is 8.00. The van der Waals surface area contributed by atoms with Gasteiger partial charge in [0.1, 0.15) is 0 Å². The van der Waals surface area contributed by atoms with Gasteiger partial charge in [-0.25, -0.2) is 9.59 Å². The summed E-state index contributed by atoms with van der Waals surface area (Å²) in [6.45, 7) is 0.542. The molecule has 3 saturated heterocycles. The van der Waals surface area contributed by atoms with E-state index in [-0.39, 0.29) is 68.3 Å². The topological polar surface area (TPSA) is 143 Å². The Kier molecular flexibility index (Phi) is 6.73. The molecule has 5 amide bonds. The number of ether oxygens (including phenoxy) is 1. The molecule has 0 saturated carbocycles. The molecule has 0 aliphatic carbocycles. The number of hydrogen-bond acceptors (Lipinski definition) is 8. The number of thioether (sulfide) groups is 1. The van der Waals surface area contributed by atoms with Crippen LogP contribution in [0.15, 0.2) is 0 Å². The molecule has 3 rings (SSSR count). The standard InChI is InChI=1S/C16H22N4O7S/c21-11(7-10-15-9(8-28-10)18-16(25)19-15)17-4-6-26-5-3-14(24)27-20-12(22)1-2-13(20)23/h9-10,15H,1-8H2,(H,17,21)(H2,18,19,25)/t9-,10?,15-/m0/s1. The number of carbonyl (C=O) groups excluding carboxylic acids is 5. The van der Waals surface area contributed by atoms with Crippen molar-refractivity contribution >= 4 is 41.5 Å². The first-order chi connectivity index (χ1) is 13.4. The van der Waals surface area contributed by atoms with Crippen LogP contribution < -0.4 is 16.0 Å². The number of fused-ring (bicyclic) bond motifs is 1. The molecule has 0 aromatic carbocycles. The second-order valence-corrected chi connectivity index (χ2v) is 7.86. The normalized spacial score (nSPS) is 26.1. The molecular weight excluding hydrogens is 392 g/mol. The largest absolute Gasteiger partial charge is 0.379 e. The number of carbonyl (C=O) groups is 5. The molecule has 0 radical (unpaired) electrons. The Balaban J connectivity index is 1.22. The molecule has 1 unspecified atom stereocenters. The average Bonchev–Trinajstić information content (AvgIpc) is 3.29. The van der Waals surface area contributed by atoms with Crippen molar-refractivity contribution in [3.8, 4) is 0 Å². The zero-order valence-corrected chi connectivity index (χ0v) is 15.9. The second-order valence-electron chi connectivity index (χ2n) is 6.58. The monoisotopic (exact) mass is 414 g/mol. The predicted molar refractivity (Wildman–Crippen MR) is 95.7 cm³/mol. The summed E-state index contributed by atoms with van der Waals surface area (Å²) in [6, 6.07) is -0.143. The van der Waals surface area contributed by atoms with Crippen molar-refractivity contribution < 1.29 is 33.5 Å². The highest BCUT2D eigenvalue weighted by Gasteiger charge is 2.43. The lowest BCUT2D eigenvalue weighted by Gasteiger charge is -2.16. The van der Waals surface area contributed by atoms with Gasteiger partial charge >= 0.3 is 12.0 Å². The molecule has 3 heterocycles. The summed E-state index contributed by atoms with van der Waals surface area (Å²) in [5.41, 5.74) is 0. The maximum absolute atomic E-state index is 12.0. The van der Waals surface area contributed by atoms with Crippen LogP contribution >= 0.6 is 11.8 Å². The van der Waals surface area contributed by atoms with Crippen molar-refractivity contribution in [3.63, 3.8) is 0 Å². The first-order valence-electron chi connectivity index (χ1n) is 9.03. The summed E-state index contributed by atoms with van der Waals surface area (Å²) in [7, 11) is 0. The third kappa shape index (κ3) is 5.13. The molecular formula is C16H22N4O7S. The fraction of sp³-hybridized carbons (Fsp3) is 0.688. The van der Waals surface area contributed by atoms with Crippen LogP contribution in [0.5, 0.6) is 0 Å². The van der Waals surface area contributed by atoms with Gasteiger partial charge < -0.3 is 25.5 Å². The van der Waals surface area contributed by atoms with Crippen molar-refractivity contribution in [3.05, 3.63) is 0 Å². The van der Waals surface area contributed by atoms with Gasteiger partial charge in [-0.1, -0.05) is 0 Å². The van der Waals surface area contributed by atoms with Crippen LogP contribution in [0.1, 0.15) is 25.7 Å². The molecule has 3 atom stereocenters. The molecule has 154 valence electrons. The van der Waals surface area contributed by atoms with Gasteiger partial charge in [-0.3, -0.25) is 14.4 Å². The SMILES string of the molecule is O=C(CC1SC[C@@H]2NC(=O)N[C@H]12)NCCOCCC(=O)ON1C(=O)CCC1=O. The van der Waals surface area contributed by atoms with E-state index in [0.29, 0.717) is 11.5 Å². The number of hydrogen-bond donors (Lipinski definition) is 3. The summed E-state index contributed by atoms with van der Waals surface area (Å²) < 4.78 is 5.25. The maximum Gasteiger partial charge on any atom is 0.335 e. The van der Waals surface area contributed by atoms with Crippen LogP contribution in [0.3, 0.4) is 0 Å². The number of hydroxylamine groups is 2. The maximum atomic E-state index is 12.0. The molecule has 0 spiro atoms. The van der Waals surface area contributed by atoms with E-state index in [9.17, 15) is 24.0 Å². The average molecular weight is 414 g/mol. The Hall–Kier alpha value is -2.34. The van der Waals surface area contributed by atoms with Gasteiger partial charge in [0.15, 0.2) is 0 Å². The molecule has 3 aliphatic rings. The van der Waals surface area contributed by atoms with Crippen molar-refractivity contribution in [2.45, 2.75) is 43.0 Å². The van der Waals surface area contributed by atoms with Crippen LogP contribution in [0.4, 0.5) is 4.79 Å². The predicted octanol–water partition coefficient (Wildman–Crippen LogP) is -1.33. The quantitative estimate of drug-likeness (QED) is 0.239. The Bertz CT molecular complexity index is 657. The van der Waals surface area contributed by atoms with Gasteiger partial charge in [0.25, 0.3) is 11.8 Å². The first kappa shape index (κ1) is 20.4. The molecule has 0 aromatic heterocycles. The Morgan fingerprint density at radius 1 is 1.14 bits per heavy atom. The summed E-state index contributed by atoms with van der Waals surface area (Å²) >= 11 is 1.66. The zero-order chi connectivity index (χ0) is 20.1. The van der Waals surface area contributed by atoms with E-state index in [1.54, 1.807) is 11.8 Å². The van der Waals surface area contributed by atoms with Gasteiger partial charge in [-0.2, -0.15) is 11.8 Å². The van der Waals surface area contributed by atoms with E-state index in [2.05, 4.69) is 16.0 Å². The third-order valence-corrected chi connectivity index (χ3v) is 5.98. The fourth-order valence-electron chi connectivity index (χ4n) is 3.15. The van der Waals surface area contributed by atoms with E-state index in [0.717, 1.165) is 5.75 Å². The molecule has 12 heteroatoms. The zero-order valence-electron chi connectivity index (χ0n) is 15.1. The molecule has 3 N–H and O–H groups in total. The number of rotatable bonds is 9. The second kappa shape index (κ2) is 9.24. The van der Waals surface area contributed by atoms with E-state index in [1.165, 1.54) is 0 Å². The summed E-state index contributed by atoms with van der Waals surface area (Å²) in [5, 5.41) is 8.92. The van der Waals surface area contributed by atoms with E-state index in [4.69, 9.17) is 9.57 Å². The van der Waals surface area contributed by atoms with Gasteiger partial charge in [0.05, 0.1) is 31.7 Å². The summed E-state index contributed by atoms with van der Waals surface area (Å²) in [5.74, 6) is -1.13. The highest BCUT2D eigenvalue weighted by Crippen LogP contribution is 2.31. The minimum atomic E-state index is -0.729. The number of nitrogens with one attached hydrogen (secondary N) is 3. The summed E-state index contributed by atoms with van der Waals surface area (Å²) in [4.78, 5) is 62.3. The summed E-state index contributed by atoms with van der Waals surface area (Å²) in [6.07, 6.45) is 0.287. The Labute approximate surface area is 165 Å². The van der Waals surface area contributed by atoms with Gasteiger partial charge in [-0.05, 0) is 0 Å². The third-order valence-electron chi connectivity index (χ3n) is 4.54.